The molecule has 1 fully saturated rings. The summed E-state index contributed by atoms with van der Waals surface area (Å²) in [7, 11) is 0. The summed E-state index contributed by atoms with van der Waals surface area (Å²) < 4.78 is 15.4. The zero-order valence-corrected chi connectivity index (χ0v) is 19.1. The maximum absolute atomic E-state index is 12.8. The Bertz CT molecular complexity index is 1090. The van der Waals surface area contributed by atoms with Crippen LogP contribution in [0.15, 0.2) is 48.5 Å². The van der Waals surface area contributed by atoms with E-state index in [4.69, 9.17) is 14.2 Å². The van der Waals surface area contributed by atoms with Gasteiger partial charge in [0.2, 0.25) is 6.04 Å². The molecule has 0 saturated carbocycles. The zero-order chi connectivity index (χ0) is 24.9. The van der Waals surface area contributed by atoms with Gasteiger partial charge in [0, 0.05) is 12.5 Å². The Morgan fingerprint density at radius 1 is 1.03 bits per heavy atom. The number of carboxylic acids is 1. The molecule has 35 heavy (non-hydrogen) atoms. The molecule has 10 nitrogen and oxygen atoms in total. The fourth-order valence-electron chi connectivity index (χ4n) is 4.46. The molecule has 184 valence electrons. The van der Waals surface area contributed by atoms with Crippen LogP contribution in [-0.2, 0) is 28.6 Å². The highest BCUT2D eigenvalue weighted by Gasteiger charge is 2.39. The summed E-state index contributed by atoms with van der Waals surface area (Å²) in [4.78, 5) is 49.1. The highest BCUT2D eigenvalue weighted by atomic mass is 16.6. The smallest absolute Gasteiger partial charge is 0.408 e. The fourth-order valence-corrected chi connectivity index (χ4v) is 4.46. The number of hydrogen-bond acceptors (Lipinski definition) is 7. The molecule has 2 aromatic carbocycles. The standard InChI is InChI=1S/C25H26N2O8/c1-2-33-24(31)20(22(28)26-19-11-12-34-21(19)23(29)30)27-25(32)35-13-18-16-9-5-3-7-14(16)15-8-4-6-10-17(15)18/h3-10,18-21H,2,11-13H2,1H3,(H,26,28)(H,27,32)(H,29,30)/t19-,20?,21+/m1/s1. The number of rotatable bonds is 8. The minimum atomic E-state index is -1.71. The van der Waals surface area contributed by atoms with E-state index in [-0.39, 0.29) is 32.2 Å². The summed E-state index contributed by atoms with van der Waals surface area (Å²) in [5, 5.41) is 13.9. The first kappa shape index (κ1) is 24.2. The molecule has 2 amide bonds. The van der Waals surface area contributed by atoms with Crippen molar-refractivity contribution in [3.05, 3.63) is 59.7 Å². The Labute approximate surface area is 201 Å². The van der Waals surface area contributed by atoms with Gasteiger partial charge in [0.1, 0.15) is 6.61 Å². The van der Waals surface area contributed by atoms with E-state index in [1.807, 2.05) is 48.5 Å². The highest BCUT2D eigenvalue weighted by Crippen LogP contribution is 2.44. The van der Waals surface area contributed by atoms with Gasteiger partial charge in [-0.25, -0.2) is 14.4 Å². The lowest BCUT2D eigenvalue weighted by Gasteiger charge is -2.21. The summed E-state index contributed by atoms with van der Waals surface area (Å²) in [6.07, 6.45) is -1.96. The second kappa shape index (κ2) is 10.6. The Balaban J connectivity index is 1.43. The summed E-state index contributed by atoms with van der Waals surface area (Å²) in [6, 6.07) is 13.1. The summed E-state index contributed by atoms with van der Waals surface area (Å²) >= 11 is 0. The fraction of sp³-hybridized carbons (Fsp3) is 0.360. The van der Waals surface area contributed by atoms with E-state index in [9.17, 15) is 24.3 Å². The SMILES string of the molecule is CCOC(=O)C(NC(=O)OCC1c2ccccc2-c2ccccc21)C(=O)N[C@@H]1CCO[C@@H]1C(=O)O. The molecule has 1 aliphatic carbocycles. The van der Waals surface area contributed by atoms with E-state index >= 15 is 0 Å². The van der Waals surface area contributed by atoms with Crippen LogP contribution in [0.25, 0.3) is 11.1 Å². The second-order valence-corrected chi connectivity index (χ2v) is 8.19. The molecule has 0 aromatic heterocycles. The van der Waals surface area contributed by atoms with Gasteiger partial charge in [0.15, 0.2) is 6.10 Å². The van der Waals surface area contributed by atoms with Crippen molar-refractivity contribution in [3.8, 4) is 11.1 Å². The molecule has 2 aliphatic rings. The number of benzene rings is 2. The third-order valence-electron chi connectivity index (χ3n) is 6.05. The molecule has 4 rings (SSSR count). The highest BCUT2D eigenvalue weighted by molar-refractivity contribution is 6.04. The van der Waals surface area contributed by atoms with Gasteiger partial charge in [-0.2, -0.15) is 0 Å². The Morgan fingerprint density at radius 3 is 2.26 bits per heavy atom. The van der Waals surface area contributed by atoms with Crippen LogP contribution >= 0.6 is 0 Å². The minimum absolute atomic E-state index is 0.00538. The van der Waals surface area contributed by atoms with Crippen LogP contribution in [0.2, 0.25) is 0 Å². The number of nitrogens with one attached hydrogen (secondary N) is 2. The predicted molar refractivity (Wildman–Crippen MR) is 123 cm³/mol. The van der Waals surface area contributed by atoms with Crippen LogP contribution in [0.3, 0.4) is 0 Å². The number of amides is 2. The number of esters is 1. The first-order chi connectivity index (χ1) is 16.9. The molecule has 10 heteroatoms. The van der Waals surface area contributed by atoms with Gasteiger partial charge in [-0.1, -0.05) is 48.5 Å². The number of ether oxygens (including phenoxy) is 3. The van der Waals surface area contributed by atoms with Gasteiger partial charge >= 0.3 is 18.0 Å². The van der Waals surface area contributed by atoms with Crippen molar-refractivity contribution in [2.24, 2.45) is 0 Å². The van der Waals surface area contributed by atoms with Crippen LogP contribution in [0.4, 0.5) is 4.79 Å². The zero-order valence-electron chi connectivity index (χ0n) is 19.1. The normalized spacial score (nSPS) is 19.2. The van der Waals surface area contributed by atoms with Crippen LogP contribution in [-0.4, -0.2) is 67.1 Å². The molecule has 2 aromatic rings. The molecular weight excluding hydrogens is 456 g/mol. The van der Waals surface area contributed by atoms with Gasteiger partial charge in [-0.15, -0.1) is 0 Å². The van der Waals surface area contributed by atoms with Crippen molar-refractivity contribution in [1.82, 2.24) is 10.6 Å². The first-order valence-electron chi connectivity index (χ1n) is 11.3. The van der Waals surface area contributed by atoms with Gasteiger partial charge in [-0.05, 0) is 35.6 Å². The monoisotopic (exact) mass is 482 g/mol. The molecular formula is C25H26N2O8. The van der Waals surface area contributed by atoms with E-state index in [0.717, 1.165) is 22.3 Å². The Kier molecular flexibility index (Phi) is 7.31. The van der Waals surface area contributed by atoms with Gasteiger partial charge in [0.05, 0.1) is 12.6 Å². The number of carbonyl (C=O) groups excluding carboxylic acids is 3. The third kappa shape index (κ3) is 5.12. The van der Waals surface area contributed by atoms with Gasteiger partial charge in [0.25, 0.3) is 5.91 Å². The molecule has 0 bridgehead atoms. The van der Waals surface area contributed by atoms with E-state index in [1.54, 1.807) is 6.92 Å². The molecule has 3 N–H and O–H groups in total. The van der Waals surface area contributed by atoms with Crippen molar-refractivity contribution in [2.75, 3.05) is 19.8 Å². The quantitative estimate of drug-likeness (QED) is 0.382. The van der Waals surface area contributed by atoms with Crippen molar-refractivity contribution in [2.45, 2.75) is 37.5 Å². The molecule has 1 aliphatic heterocycles. The number of carbonyl (C=O) groups is 4. The number of fused-ring (bicyclic) bond motifs is 3. The van der Waals surface area contributed by atoms with Gasteiger partial charge in [-0.3, -0.25) is 10.1 Å². The van der Waals surface area contributed by atoms with E-state index in [2.05, 4.69) is 10.6 Å². The average Bonchev–Trinajstić information content (AvgIpc) is 3.44. The van der Waals surface area contributed by atoms with Crippen molar-refractivity contribution < 1.29 is 38.5 Å². The maximum Gasteiger partial charge on any atom is 0.408 e. The Morgan fingerprint density at radius 2 is 1.66 bits per heavy atom. The van der Waals surface area contributed by atoms with Crippen LogP contribution in [0.5, 0.6) is 0 Å². The number of hydrogen-bond donors (Lipinski definition) is 3. The lowest BCUT2D eigenvalue weighted by atomic mass is 9.98. The van der Waals surface area contributed by atoms with Gasteiger partial charge < -0.3 is 24.6 Å². The Hall–Kier alpha value is -3.92. The third-order valence-corrected chi connectivity index (χ3v) is 6.05. The van der Waals surface area contributed by atoms with Crippen LogP contribution < -0.4 is 10.6 Å². The molecule has 1 heterocycles. The molecule has 1 unspecified atom stereocenters. The largest absolute Gasteiger partial charge is 0.479 e. The van der Waals surface area contributed by atoms with Crippen LogP contribution in [0.1, 0.15) is 30.4 Å². The lowest BCUT2D eigenvalue weighted by molar-refractivity contribution is -0.150. The number of carboxylic acid groups (broad SMARTS) is 1. The lowest BCUT2D eigenvalue weighted by Crippen LogP contribution is -2.56. The summed E-state index contributed by atoms with van der Waals surface area (Å²) in [5.74, 6) is -3.32. The second-order valence-electron chi connectivity index (χ2n) is 8.19. The van der Waals surface area contributed by atoms with Crippen LogP contribution in [0, 0.1) is 0 Å². The van der Waals surface area contributed by atoms with E-state index in [0.29, 0.717) is 0 Å². The molecule has 3 atom stereocenters. The molecule has 0 spiro atoms. The summed E-state index contributed by atoms with van der Waals surface area (Å²) in [6.45, 7) is 1.69. The van der Waals surface area contributed by atoms with E-state index < -0.39 is 42.1 Å². The average molecular weight is 482 g/mol. The van der Waals surface area contributed by atoms with Crippen molar-refractivity contribution in [1.29, 1.82) is 0 Å². The van der Waals surface area contributed by atoms with Crippen molar-refractivity contribution in [3.63, 3.8) is 0 Å². The first-order valence-corrected chi connectivity index (χ1v) is 11.3. The topological polar surface area (TPSA) is 140 Å². The number of alkyl carbamates (subject to hydrolysis) is 1. The minimum Gasteiger partial charge on any atom is -0.479 e. The van der Waals surface area contributed by atoms with Crippen molar-refractivity contribution >= 4 is 23.9 Å². The predicted octanol–water partition coefficient (Wildman–Crippen LogP) is 1.82. The number of aliphatic carboxylic acids is 1. The van der Waals surface area contributed by atoms with E-state index in [1.165, 1.54) is 0 Å². The maximum atomic E-state index is 12.8. The molecule has 1 saturated heterocycles. The molecule has 0 radical (unpaired) electrons. The summed E-state index contributed by atoms with van der Waals surface area (Å²) in [5.41, 5.74) is 4.16.